The van der Waals surface area contributed by atoms with Gasteiger partial charge in [0.2, 0.25) is 6.29 Å². The van der Waals surface area contributed by atoms with Crippen molar-refractivity contribution in [3.63, 3.8) is 0 Å². The van der Waals surface area contributed by atoms with Gasteiger partial charge in [0.15, 0.2) is 0 Å². The van der Waals surface area contributed by atoms with Crippen LogP contribution < -0.4 is 0 Å². The van der Waals surface area contributed by atoms with E-state index in [0.717, 1.165) is 0 Å². The van der Waals surface area contributed by atoms with Crippen LogP contribution in [0.1, 0.15) is 20.3 Å². The fourth-order valence-electron chi connectivity index (χ4n) is 0.929. The molecule has 0 aromatic rings. The topological polar surface area (TPSA) is 35.5 Å². The molecule has 3 atom stereocenters. The lowest BCUT2D eigenvalue weighted by Crippen LogP contribution is -2.38. The van der Waals surface area contributed by atoms with Gasteiger partial charge >= 0.3 is 5.97 Å². The number of cyclic esters (lactones) is 1. The first-order valence-electron chi connectivity index (χ1n) is 3.62. The average molecular weight is 176 g/mol. The van der Waals surface area contributed by atoms with Gasteiger partial charge in [0.05, 0.1) is 17.8 Å². The van der Waals surface area contributed by atoms with Crippen LogP contribution in [0.4, 0.5) is 0 Å². The fraction of sp³-hybridized carbons (Fsp3) is 0.857. The lowest BCUT2D eigenvalue weighted by atomic mass is 10.2. The van der Waals surface area contributed by atoms with Crippen molar-refractivity contribution in [2.75, 3.05) is 0 Å². The molecule has 1 heterocycles. The standard InChI is InChI=1S/C7H12O3S/c1-4-3-6(8)10-7(9-4)5(2)11/h4-5,7,11H,3H2,1-2H3/t4-,5-,7-/m1/s1. The van der Waals surface area contributed by atoms with E-state index in [1.807, 2.05) is 13.8 Å². The van der Waals surface area contributed by atoms with E-state index in [1.165, 1.54) is 0 Å². The van der Waals surface area contributed by atoms with Gasteiger partial charge in [-0.1, -0.05) is 0 Å². The third kappa shape index (κ3) is 2.38. The number of hydrogen-bond acceptors (Lipinski definition) is 4. The van der Waals surface area contributed by atoms with Gasteiger partial charge < -0.3 is 9.47 Å². The summed E-state index contributed by atoms with van der Waals surface area (Å²) in [6.45, 7) is 3.68. The Morgan fingerprint density at radius 3 is 2.82 bits per heavy atom. The van der Waals surface area contributed by atoms with Gasteiger partial charge in [-0.05, 0) is 13.8 Å². The SMILES string of the molecule is C[C@@H]1CC(=O)O[C@H]([C@@H](C)S)O1. The Hall–Kier alpha value is -0.220. The monoisotopic (exact) mass is 176 g/mol. The molecule has 0 amide bonds. The quantitative estimate of drug-likeness (QED) is 0.478. The van der Waals surface area contributed by atoms with E-state index >= 15 is 0 Å². The van der Waals surface area contributed by atoms with E-state index in [9.17, 15) is 4.79 Å². The summed E-state index contributed by atoms with van der Waals surface area (Å²) in [5.74, 6) is -0.199. The Bertz CT molecular complexity index is 158. The molecule has 0 N–H and O–H groups in total. The lowest BCUT2D eigenvalue weighted by molar-refractivity contribution is -0.210. The number of hydrogen-bond donors (Lipinski definition) is 1. The van der Waals surface area contributed by atoms with Crippen LogP contribution in [0.25, 0.3) is 0 Å². The Morgan fingerprint density at radius 1 is 1.73 bits per heavy atom. The van der Waals surface area contributed by atoms with E-state index < -0.39 is 6.29 Å². The maximum atomic E-state index is 10.9. The second-order valence-corrected chi connectivity index (χ2v) is 3.56. The van der Waals surface area contributed by atoms with Gasteiger partial charge in [-0.25, -0.2) is 0 Å². The first-order chi connectivity index (χ1) is 5.09. The summed E-state index contributed by atoms with van der Waals surface area (Å²) in [5, 5.41) is -0.0679. The number of carbonyl (C=O) groups is 1. The van der Waals surface area contributed by atoms with Crippen molar-refractivity contribution in [3.05, 3.63) is 0 Å². The van der Waals surface area contributed by atoms with Crippen molar-refractivity contribution >= 4 is 18.6 Å². The molecule has 1 rings (SSSR count). The number of esters is 1. The third-order valence-corrected chi connectivity index (χ3v) is 1.71. The zero-order valence-corrected chi connectivity index (χ0v) is 7.51. The Labute approximate surface area is 71.5 Å². The van der Waals surface area contributed by atoms with Gasteiger partial charge in [-0.15, -0.1) is 0 Å². The molecule has 0 radical (unpaired) electrons. The first kappa shape index (κ1) is 8.87. The Morgan fingerprint density at radius 2 is 2.36 bits per heavy atom. The number of ether oxygens (including phenoxy) is 2. The second kappa shape index (κ2) is 3.45. The van der Waals surface area contributed by atoms with Crippen LogP contribution in [-0.4, -0.2) is 23.6 Å². The minimum absolute atomic E-state index is 0.0455. The molecule has 11 heavy (non-hydrogen) atoms. The molecule has 64 valence electrons. The summed E-state index contributed by atoms with van der Waals surface area (Å²) >= 11 is 4.12. The van der Waals surface area contributed by atoms with Crippen LogP contribution in [-0.2, 0) is 14.3 Å². The van der Waals surface area contributed by atoms with Crippen molar-refractivity contribution in [2.24, 2.45) is 0 Å². The highest BCUT2D eigenvalue weighted by Gasteiger charge is 2.28. The van der Waals surface area contributed by atoms with Crippen LogP contribution in [0, 0.1) is 0 Å². The normalized spacial score (nSPS) is 34.6. The molecular formula is C7H12O3S. The van der Waals surface area contributed by atoms with Crippen LogP contribution in [0.15, 0.2) is 0 Å². The Balaban J connectivity index is 2.49. The van der Waals surface area contributed by atoms with Crippen molar-refractivity contribution in [1.29, 1.82) is 0 Å². The molecule has 0 saturated carbocycles. The fourth-order valence-corrected chi connectivity index (χ4v) is 1.06. The summed E-state index contributed by atoms with van der Waals surface area (Å²) in [6, 6.07) is 0. The molecule has 0 aliphatic carbocycles. The number of carbonyl (C=O) groups excluding carboxylic acids is 1. The minimum Gasteiger partial charge on any atom is -0.434 e. The second-order valence-electron chi connectivity index (χ2n) is 2.75. The van der Waals surface area contributed by atoms with Gasteiger partial charge in [-0.2, -0.15) is 12.6 Å². The molecule has 1 aliphatic heterocycles. The van der Waals surface area contributed by atoms with Crippen LogP contribution in [0.5, 0.6) is 0 Å². The largest absolute Gasteiger partial charge is 0.434 e. The van der Waals surface area contributed by atoms with E-state index in [-0.39, 0.29) is 17.3 Å². The van der Waals surface area contributed by atoms with Crippen LogP contribution in [0.2, 0.25) is 0 Å². The summed E-state index contributed by atoms with van der Waals surface area (Å²) in [4.78, 5) is 10.9. The average Bonchev–Trinajstić information content (AvgIpc) is 1.85. The number of rotatable bonds is 1. The third-order valence-electron chi connectivity index (χ3n) is 1.46. The minimum atomic E-state index is -0.477. The van der Waals surface area contributed by atoms with Crippen LogP contribution in [0.3, 0.4) is 0 Å². The van der Waals surface area contributed by atoms with Crippen LogP contribution >= 0.6 is 12.6 Å². The van der Waals surface area contributed by atoms with Gasteiger partial charge in [0.1, 0.15) is 0 Å². The lowest BCUT2D eigenvalue weighted by Gasteiger charge is -2.29. The van der Waals surface area contributed by atoms with E-state index in [2.05, 4.69) is 12.6 Å². The summed E-state index contributed by atoms with van der Waals surface area (Å²) in [6.07, 6.45) is -0.179. The maximum Gasteiger partial charge on any atom is 0.310 e. The summed E-state index contributed by atoms with van der Waals surface area (Å²) in [5.41, 5.74) is 0. The predicted molar refractivity (Wildman–Crippen MR) is 43.5 cm³/mol. The summed E-state index contributed by atoms with van der Waals surface area (Å²) < 4.78 is 10.2. The zero-order valence-electron chi connectivity index (χ0n) is 6.61. The maximum absolute atomic E-state index is 10.9. The molecule has 0 unspecified atom stereocenters. The zero-order chi connectivity index (χ0) is 8.43. The molecule has 0 bridgehead atoms. The van der Waals surface area contributed by atoms with Crippen molar-refractivity contribution in [1.82, 2.24) is 0 Å². The van der Waals surface area contributed by atoms with E-state index in [0.29, 0.717) is 6.42 Å². The molecule has 1 fully saturated rings. The Kier molecular flexibility index (Phi) is 2.78. The summed E-state index contributed by atoms with van der Waals surface area (Å²) in [7, 11) is 0. The molecule has 0 spiro atoms. The van der Waals surface area contributed by atoms with E-state index in [1.54, 1.807) is 0 Å². The van der Waals surface area contributed by atoms with Crippen molar-refractivity contribution in [2.45, 2.75) is 37.9 Å². The van der Waals surface area contributed by atoms with Gasteiger partial charge in [-0.3, -0.25) is 4.79 Å². The highest BCUT2D eigenvalue weighted by Crippen LogP contribution is 2.18. The number of thiol groups is 1. The molecule has 4 heteroatoms. The molecule has 1 saturated heterocycles. The van der Waals surface area contributed by atoms with Gasteiger partial charge in [0.25, 0.3) is 0 Å². The first-order valence-corrected chi connectivity index (χ1v) is 4.14. The highest BCUT2D eigenvalue weighted by molar-refractivity contribution is 7.81. The highest BCUT2D eigenvalue weighted by atomic mass is 32.1. The predicted octanol–water partition coefficient (Wildman–Crippen LogP) is 0.983. The molecule has 0 aromatic heterocycles. The van der Waals surface area contributed by atoms with Crippen molar-refractivity contribution < 1.29 is 14.3 Å². The molecule has 0 aromatic carbocycles. The molecule has 1 aliphatic rings. The molecule has 3 nitrogen and oxygen atoms in total. The van der Waals surface area contributed by atoms with Gasteiger partial charge in [0, 0.05) is 0 Å². The van der Waals surface area contributed by atoms with E-state index in [4.69, 9.17) is 9.47 Å². The smallest absolute Gasteiger partial charge is 0.310 e. The van der Waals surface area contributed by atoms with Crippen molar-refractivity contribution in [3.8, 4) is 0 Å². The molecular weight excluding hydrogens is 164 g/mol.